The first-order chi connectivity index (χ1) is 5.64. The van der Waals surface area contributed by atoms with Gasteiger partial charge in [-0.05, 0) is 26.7 Å². The smallest absolute Gasteiger partial charge is 0.0228 e. The minimum Gasteiger partial charge on any atom is -0.329 e. The molecule has 0 saturated heterocycles. The van der Waals surface area contributed by atoms with Gasteiger partial charge in [-0.25, -0.2) is 0 Å². The lowest BCUT2D eigenvalue weighted by Crippen LogP contribution is -2.30. The molecule has 0 amide bonds. The number of hydrogen-bond donors (Lipinski definition) is 1. The van der Waals surface area contributed by atoms with E-state index in [1.807, 2.05) is 0 Å². The highest BCUT2D eigenvalue weighted by atomic mass is 32.2. The number of nitrogens with two attached hydrogens (primary N) is 1. The van der Waals surface area contributed by atoms with Gasteiger partial charge in [0.2, 0.25) is 0 Å². The molecule has 1 aliphatic carbocycles. The standard InChI is InChI=1S/C10H21NS/c1-10(2,8-11)12-9-6-4-3-5-7-9/h9H,3-8,11H2,1-2H3. The van der Waals surface area contributed by atoms with Gasteiger partial charge in [0.05, 0.1) is 0 Å². The van der Waals surface area contributed by atoms with Crippen molar-refractivity contribution in [2.45, 2.75) is 55.9 Å². The Kier molecular flexibility index (Phi) is 3.91. The maximum atomic E-state index is 5.70. The molecule has 0 aromatic carbocycles. The van der Waals surface area contributed by atoms with E-state index in [9.17, 15) is 0 Å². The third-order valence-electron chi connectivity index (χ3n) is 2.53. The topological polar surface area (TPSA) is 26.0 Å². The average molecular weight is 187 g/mol. The zero-order valence-electron chi connectivity index (χ0n) is 8.31. The molecule has 0 bridgehead atoms. The SMILES string of the molecule is CC(C)(CN)SC1CCCCC1. The summed E-state index contributed by atoms with van der Waals surface area (Å²) >= 11 is 2.10. The third-order valence-corrected chi connectivity index (χ3v) is 4.14. The van der Waals surface area contributed by atoms with Crippen molar-refractivity contribution in [3.8, 4) is 0 Å². The van der Waals surface area contributed by atoms with E-state index in [2.05, 4.69) is 25.6 Å². The monoisotopic (exact) mass is 187 g/mol. The largest absolute Gasteiger partial charge is 0.329 e. The van der Waals surface area contributed by atoms with E-state index in [-0.39, 0.29) is 0 Å². The van der Waals surface area contributed by atoms with Crippen LogP contribution in [0.1, 0.15) is 46.0 Å². The summed E-state index contributed by atoms with van der Waals surface area (Å²) in [5.41, 5.74) is 5.70. The second-order valence-electron chi connectivity index (χ2n) is 4.34. The Bertz CT molecular complexity index is 128. The fraction of sp³-hybridized carbons (Fsp3) is 1.00. The first-order valence-electron chi connectivity index (χ1n) is 5.02. The molecule has 0 aromatic heterocycles. The van der Waals surface area contributed by atoms with Crippen LogP contribution in [0.2, 0.25) is 0 Å². The van der Waals surface area contributed by atoms with Gasteiger partial charge < -0.3 is 5.73 Å². The Morgan fingerprint density at radius 1 is 1.25 bits per heavy atom. The normalized spacial score (nSPS) is 21.2. The second-order valence-corrected chi connectivity index (χ2v) is 6.35. The predicted octanol–water partition coefficient (Wildman–Crippen LogP) is 2.79. The van der Waals surface area contributed by atoms with Crippen LogP contribution in [0.3, 0.4) is 0 Å². The zero-order chi connectivity index (χ0) is 9.03. The quantitative estimate of drug-likeness (QED) is 0.735. The van der Waals surface area contributed by atoms with Gasteiger partial charge in [-0.15, -0.1) is 0 Å². The molecule has 0 aliphatic heterocycles. The first kappa shape index (κ1) is 10.4. The van der Waals surface area contributed by atoms with E-state index >= 15 is 0 Å². The molecule has 72 valence electrons. The molecular weight excluding hydrogens is 166 g/mol. The van der Waals surface area contributed by atoms with E-state index in [1.165, 1.54) is 32.1 Å². The van der Waals surface area contributed by atoms with Gasteiger partial charge in [0, 0.05) is 16.5 Å². The summed E-state index contributed by atoms with van der Waals surface area (Å²) in [6.45, 7) is 5.31. The van der Waals surface area contributed by atoms with Crippen LogP contribution in [-0.4, -0.2) is 16.5 Å². The Balaban J connectivity index is 2.28. The van der Waals surface area contributed by atoms with Crippen molar-refractivity contribution in [2.24, 2.45) is 5.73 Å². The summed E-state index contributed by atoms with van der Waals surface area (Å²) in [4.78, 5) is 0. The first-order valence-corrected chi connectivity index (χ1v) is 5.90. The lowest BCUT2D eigenvalue weighted by Gasteiger charge is -2.30. The number of rotatable bonds is 3. The molecule has 1 rings (SSSR count). The Morgan fingerprint density at radius 2 is 1.83 bits per heavy atom. The highest BCUT2D eigenvalue weighted by Crippen LogP contribution is 2.35. The Labute approximate surface area is 80.5 Å². The fourth-order valence-electron chi connectivity index (χ4n) is 1.68. The van der Waals surface area contributed by atoms with Crippen molar-refractivity contribution in [2.75, 3.05) is 6.54 Å². The average Bonchev–Trinajstić information content (AvgIpc) is 2.06. The molecule has 1 nitrogen and oxygen atoms in total. The summed E-state index contributed by atoms with van der Waals surface area (Å²) in [6.07, 6.45) is 7.12. The Hall–Kier alpha value is 0.310. The molecule has 0 spiro atoms. The molecule has 0 unspecified atom stereocenters. The van der Waals surface area contributed by atoms with Crippen molar-refractivity contribution in [3.63, 3.8) is 0 Å². The summed E-state index contributed by atoms with van der Waals surface area (Å²) in [5, 5.41) is 0.886. The van der Waals surface area contributed by atoms with E-state index in [0.717, 1.165) is 11.8 Å². The molecule has 0 heterocycles. The molecular formula is C10H21NS. The van der Waals surface area contributed by atoms with Crippen LogP contribution in [-0.2, 0) is 0 Å². The molecule has 0 radical (unpaired) electrons. The van der Waals surface area contributed by atoms with Crippen LogP contribution in [0.4, 0.5) is 0 Å². The fourth-order valence-corrected chi connectivity index (χ4v) is 3.25. The Morgan fingerprint density at radius 3 is 2.33 bits per heavy atom. The van der Waals surface area contributed by atoms with Crippen molar-refractivity contribution in [3.05, 3.63) is 0 Å². The molecule has 0 atom stereocenters. The van der Waals surface area contributed by atoms with Crippen molar-refractivity contribution >= 4 is 11.8 Å². The minimum atomic E-state index is 0.294. The second kappa shape index (κ2) is 4.52. The van der Waals surface area contributed by atoms with Crippen LogP contribution >= 0.6 is 11.8 Å². The zero-order valence-corrected chi connectivity index (χ0v) is 9.12. The van der Waals surface area contributed by atoms with E-state index in [0.29, 0.717) is 4.75 Å². The number of hydrogen-bond acceptors (Lipinski definition) is 2. The number of thioether (sulfide) groups is 1. The van der Waals surface area contributed by atoms with Crippen molar-refractivity contribution in [1.29, 1.82) is 0 Å². The van der Waals surface area contributed by atoms with Crippen molar-refractivity contribution < 1.29 is 0 Å². The summed E-state index contributed by atoms with van der Waals surface area (Å²) in [7, 11) is 0. The third kappa shape index (κ3) is 3.36. The summed E-state index contributed by atoms with van der Waals surface area (Å²) < 4.78 is 0.294. The van der Waals surface area contributed by atoms with Crippen LogP contribution < -0.4 is 5.73 Å². The van der Waals surface area contributed by atoms with Gasteiger partial charge in [0.25, 0.3) is 0 Å². The summed E-state index contributed by atoms with van der Waals surface area (Å²) in [5.74, 6) is 0. The highest BCUT2D eigenvalue weighted by molar-refractivity contribution is 8.01. The van der Waals surface area contributed by atoms with E-state index in [4.69, 9.17) is 5.73 Å². The van der Waals surface area contributed by atoms with Gasteiger partial charge in [-0.3, -0.25) is 0 Å². The van der Waals surface area contributed by atoms with Crippen LogP contribution in [0.15, 0.2) is 0 Å². The maximum absolute atomic E-state index is 5.70. The van der Waals surface area contributed by atoms with Gasteiger partial charge in [0.15, 0.2) is 0 Å². The maximum Gasteiger partial charge on any atom is 0.0228 e. The molecule has 1 aliphatic rings. The van der Waals surface area contributed by atoms with Crippen LogP contribution in [0.25, 0.3) is 0 Å². The van der Waals surface area contributed by atoms with Gasteiger partial charge in [-0.2, -0.15) is 11.8 Å². The van der Waals surface area contributed by atoms with Crippen LogP contribution in [0.5, 0.6) is 0 Å². The molecule has 1 saturated carbocycles. The lowest BCUT2D eigenvalue weighted by atomic mass is 10.0. The van der Waals surface area contributed by atoms with Crippen LogP contribution in [0, 0.1) is 0 Å². The molecule has 2 heteroatoms. The molecule has 12 heavy (non-hydrogen) atoms. The molecule has 0 aromatic rings. The van der Waals surface area contributed by atoms with Gasteiger partial charge in [0.1, 0.15) is 0 Å². The predicted molar refractivity (Wildman–Crippen MR) is 57.6 cm³/mol. The van der Waals surface area contributed by atoms with Gasteiger partial charge in [-0.1, -0.05) is 19.3 Å². The minimum absolute atomic E-state index is 0.294. The highest BCUT2D eigenvalue weighted by Gasteiger charge is 2.23. The van der Waals surface area contributed by atoms with E-state index < -0.39 is 0 Å². The van der Waals surface area contributed by atoms with E-state index in [1.54, 1.807) is 0 Å². The van der Waals surface area contributed by atoms with Gasteiger partial charge >= 0.3 is 0 Å². The van der Waals surface area contributed by atoms with Crippen molar-refractivity contribution in [1.82, 2.24) is 0 Å². The summed E-state index contributed by atoms with van der Waals surface area (Å²) in [6, 6.07) is 0. The lowest BCUT2D eigenvalue weighted by molar-refractivity contribution is 0.511. The molecule has 1 fully saturated rings. The molecule has 2 N–H and O–H groups in total.